The SMILES string of the molecule is CC(C)(C)OC(=O)C(N)CCC[C@@](N)(C(=O)OCC1c2ccccc2-c2ccccc21)C(=O)Oc1c(F)c(F)c(F)c(F)c1F. The van der Waals surface area contributed by atoms with E-state index in [2.05, 4.69) is 4.74 Å². The lowest BCUT2D eigenvalue weighted by molar-refractivity contribution is -0.160. The maximum atomic E-state index is 14.3. The van der Waals surface area contributed by atoms with Crippen molar-refractivity contribution in [2.75, 3.05) is 6.61 Å². The van der Waals surface area contributed by atoms with Crippen LogP contribution in [0.15, 0.2) is 48.5 Å². The molecule has 0 saturated carbocycles. The Morgan fingerprint density at radius 3 is 1.80 bits per heavy atom. The van der Waals surface area contributed by atoms with E-state index in [1.165, 1.54) is 0 Å². The maximum Gasteiger partial charge on any atom is 0.343 e. The molecule has 2 atom stereocenters. The third-order valence-corrected chi connectivity index (χ3v) is 7.23. The number of nitrogens with two attached hydrogens (primary N) is 2. The molecule has 0 heterocycles. The summed E-state index contributed by atoms with van der Waals surface area (Å²) in [6.07, 6.45) is -1.03. The lowest BCUT2D eigenvalue weighted by Crippen LogP contribution is -2.58. The third kappa shape index (κ3) is 6.84. The van der Waals surface area contributed by atoms with E-state index >= 15 is 0 Å². The Kier molecular flexibility index (Phi) is 9.64. The van der Waals surface area contributed by atoms with Gasteiger partial charge in [-0.15, -0.1) is 0 Å². The summed E-state index contributed by atoms with van der Waals surface area (Å²) in [5, 5.41) is 0. The molecule has 3 aromatic carbocycles. The Bertz CT molecular complexity index is 1570. The fraction of sp³-hybridized carbons (Fsp3) is 0.344. The van der Waals surface area contributed by atoms with Crippen molar-refractivity contribution in [1.82, 2.24) is 0 Å². The normalized spacial score (nSPS) is 14.6. The van der Waals surface area contributed by atoms with Gasteiger partial charge in [0.15, 0.2) is 0 Å². The van der Waals surface area contributed by atoms with E-state index < -0.39 is 82.3 Å². The molecule has 0 aromatic heterocycles. The molecule has 1 aliphatic rings. The van der Waals surface area contributed by atoms with Gasteiger partial charge in [-0.3, -0.25) is 4.79 Å². The standard InChI is InChI=1S/C32H31F5N2O6/c1-31(2,3)45-28(40)21(38)13-8-14-32(39,30(42)44-27-25(36)23(34)22(33)24(35)26(27)37)29(41)43-15-20-18-11-6-4-9-16(18)17-10-5-7-12-19(17)20/h4-7,9-12,20-21H,8,13-15,38-39H2,1-3H3/t21?,32-/m1/s1. The van der Waals surface area contributed by atoms with E-state index in [0.29, 0.717) is 0 Å². The Balaban J connectivity index is 1.59. The van der Waals surface area contributed by atoms with Crippen molar-refractivity contribution < 1.29 is 50.5 Å². The first-order valence-electron chi connectivity index (χ1n) is 13.9. The highest BCUT2D eigenvalue weighted by molar-refractivity contribution is 6.05. The molecule has 13 heteroatoms. The van der Waals surface area contributed by atoms with Crippen molar-refractivity contribution in [3.05, 3.63) is 88.7 Å². The third-order valence-electron chi connectivity index (χ3n) is 7.23. The topological polar surface area (TPSA) is 131 Å². The molecule has 3 aromatic rings. The quantitative estimate of drug-likeness (QED) is 0.0780. The van der Waals surface area contributed by atoms with Gasteiger partial charge in [0, 0.05) is 5.92 Å². The minimum absolute atomic E-state index is 0.166. The molecule has 0 radical (unpaired) electrons. The highest BCUT2D eigenvalue weighted by Gasteiger charge is 2.47. The minimum atomic E-state index is -2.81. The molecule has 1 aliphatic carbocycles. The second kappa shape index (κ2) is 12.9. The van der Waals surface area contributed by atoms with E-state index in [1.807, 2.05) is 36.4 Å². The molecule has 4 rings (SSSR count). The van der Waals surface area contributed by atoms with Gasteiger partial charge in [-0.2, -0.15) is 8.78 Å². The Morgan fingerprint density at radius 1 is 0.800 bits per heavy atom. The van der Waals surface area contributed by atoms with Crippen molar-refractivity contribution in [1.29, 1.82) is 0 Å². The van der Waals surface area contributed by atoms with Gasteiger partial charge in [0.05, 0.1) is 0 Å². The summed E-state index contributed by atoms with van der Waals surface area (Å²) < 4.78 is 85.1. The maximum absolute atomic E-state index is 14.3. The highest BCUT2D eigenvalue weighted by atomic mass is 19.2. The number of carbonyl (C=O) groups excluding carboxylic acids is 3. The molecular weight excluding hydrogens is 603 g/mol. The van der Waals surface area contributed by atoms with Gasteiger partial charge < -0.3 is 25.7 Å². The monoisotopic (exact) mass is 634 g/mol. The van der Waals surface area contributed by atoms with Crippen molar-refractivity contribution in [2.45, 2.75) is 63.1 Å². The van der Waals surface area contributed by atoms with Gasteiger partial charge in [0.2, 0.25) is 40.4 Å². The minimum Gasteiger partial charge on any atom is -0.463 e. The Hall–Kier alpha value is -4.36. The highest BCUT2D eigenvalue weighted by Crippen LogP contribution is 2.44. The van der Waals surface area contributed by atoms with Gasteiger partial charge in [-0.25, -0.2) is 22.8 Å². The van der Waals surface area contributed by atoms with Crippen LogP contribution in [0.1, 0.15) is 57.1 Å². The van der Waals surface area contributed by atoms with Crippen LogP contribution in [0.3, 0.4) is 0 Å². The van der Waals surface area contributed by atoms with E-state index in [9.17, 15) is 36.3 Å². The molecule has 0 fully saturated rings. The Morgan fingerprint density at radius 2 is 1.29 bits per heavy atom. The number of hydrogen-bond donors (Lipinski definition) is 2. The molecule has 45 heavy (non-hydrogen) atoms. The molecule has 4 N–H and O–H groups in total. The Labute approximate surface area is 255 Å². The van der Waals surface area contributed by atoms with Crippen LogP contribution in [-0.2, 0) is 23.9 Å². The first-order valence-corrected chi connectivity index (χ1v) is 13.9. The van der Waals surface area contributed by atoms with Crippen LogP contribution in [0.25, 0.3) is 11.1 Å². The lowest BCUT2D eigenvalue weighted by atomic mass is 9.92. The number of rotatable bonds is 10. The van der Waals surface area contributed by atoms with Crippen molar-refractivity contribution in [3.8, 4) is 16.9 Å². The molecular formula is C32H31F5N2O6. The first kappa shape index (κ1) is 33.5. The smallest absolute Gasteiger partial charge is 0.343 e. The van der Waals surface area contributed by atoms with Crippen LogP contribution in [0.5, 0.6) is 5.75 Å². The average molecular weight is 635 g/mol. The van der Waals surface area contributed by atoms with Crippen LogP contribution in [-0.4, -0.2) is 41.7 Å². The summed E-state index contributed by atoms with van der Waals surface area (Å²) in [6.45, 7) is 4.54. The summed E-state index contributed by atoms with van der Waals surface area (Å²) >= 11 is 0. The van der Waals surface area contributed by atoms with Crippen LogP contribution in [0.4, 0.5) is 22.0 Å². The first-order chi connectivity index (χ1) is 21.1. The van der Waals surface area contributed by atoms with Gasteiger partial charge in [-0.1, -0.05) is 48.5 Å². The van der Waals surface area contributed by atoms with E-state index in [-0.39, 0.29) is 19.4 Å². The number of esters is 3. The van der Waals surface area contributed by atoms with E-state index in [0.717, 1.165) is 22.3 Å². The summed E-state index contributed by atoms with van der Waals surface area (Å²) in [7, 11) is 0. The molecule has 0 spiro atoms. The second-order valence-corrected chi connectivity index (χ2v) is 11.6. The van der Waals surface area contributed by atoms with Crippen LogP contribution >= 0.6 is 0 Å². The lowest BCUT2D eigenvalue weighted by Gasteiger charge is -2.27. The fourth-order valence-corrected chi connectivity index (χ4v) is 4.97. The van der Waals surface area contributed by atoms with Crippen LogP contribution in [0.2, 0.25) is 0 Å². The zero-order valence-electron chi connectivity index (χ0n) is 24.6. The second-order valence-electron chi connectivity index (χ2n) is 11.6. The molecule has 240 valence electrons. The average Bonchev–Trinajstić information content (AvgIpc) is 3.32. The number of ether oxygens (including phenoxy) is 3. The molecule has 0 bridgehead atoms. The van der Waals surface area contributed by atoms with Gasteiger partial charge in [-0.05, 0) is 62.3 Å². The number of halogens is 5. The van der Waals surface area contributed by atoms with Crippen molar-refractivity contribution in [3.63, 3.8) is 0 Å². The van der Waals surface area contributed by atoms with Gasteiger partial charge in [0.1, 0.15) is 18.2 Å². The number of carbonyl (C=O) groups is 3. The number of fused-ring (bicyclic) bond motifs is 3. The van der Waals surface area contributed by atoms with Crippen molar-refractivity contribution in [2.24, 2.45) is 11.5 Å². The molecule has 0 saturated heterocycles. The number of hydrogen-bond acceptors (Lipinski definition) is 8. The largest absolute Gasteiger partial charge is 0.463 e. The van der Waals surface area contributed by atoms with E-state index in [1.54, 1.807) is 32.9 Å². The summed E-state index contributed by atoms with van der Waals surface area (Å²) in [5.41, 5.74) is 11.8. The summed E-state index contributed by atoms with van der Waals surface area (Å²) in [6, 6.07) is 13.5. The number of benzene rings is 3. The van der Waals surface area contributed by atoms with E-state index in [4.69, 9.17) is 20.9 Å². The fourth-order valence-electron chi connectivity index (χ4n) is 4.97. The van der Waals surface area contributed by atoms with Crippen LogP contribution in [0, 0.1) is 29.1 Å². The molecule has 0 aliphatic heterocycles. The summed E-state index contributed by atoms with van der Waals surface area (Å²) in [5.74, 6) is -18.6. The predicted octanol–water partition coefficient (Wildman–Crippen LogP) is 5.18. The zero-order valence-corrected chi connectivity index (χ0v) is 24.6. The van der Waals surface area contributed by atoms with Crippen LogP contribution < -0.4 is 16.2 Å². The molecule has 1 unspecified atom stereocenters. The summed E-state index contributed by atoms with van der Waals surface area (Å²) in [4.78, 5) is 39.0. The zero-order chi connectivity index (χ0) is 33.3. The van der Waals surface area contributed by atoms with Gasteiger partial charge >= 0.3 is 17.9 Å². The molecule has 8 nitrogen and oxygen atoms in total. The molecule has 0 amide bonds. The van der Waals surface area contributed by atoms with Gasteiger partial charge in [0.25, 0.3) is 0 Å². The van der Waals surface area contributed by atoms with Crippen molar-refractivity contribution >= 4 is 17.9 Å². The predicted molar refractivity (Wildman–Crippen MR) is 151 cm³/mol.